The molecule has 0 amide bonds. The summed E-state index contributed by atoms with van der Waals surface area (Å²) < 4.78 is 2.01. The van der Waals surface area contributed by atoms with E-state index in [9.17, 15) is 0 Å². The Morgan fingerprint density at radius 2 is 2.08 bits per heavy atom. The molecule has 0 aromatic carbocycles. The van der Waals surface area contributed by atoms with Crippen molar-refractivity contribution < 1.29 is 0 Å². The third-order valence-corrected chi connectivity index (χ3v) is 1.78. The second-order valence-corrected chi connectivity index (χ2v) is 4.06. The molecule has 12 heavy (non-hydrogen) atoms. The van der Waals surface area contributed by atoms with Crippen molar-refractivity contribution in [3.05, 3.63) is 17.5 Å². The molecule has 3 nitrogen and oxygen atoms in total. The first kappa shape index (κ1) is 9.26. The van der Waals surface area contributed by atoms with Crippen LogP contribution >= 0.6 is 0 Å². The van der Waals surface area contributed by atoms with Gasteiger partial charge in [0.15, 0.2) is 0 Å². The molecule has 1 aromatic rings. The molecule has 0 fully saturated rings. The van der Waals surface area contributed by atoms with E-state index in [-0.39, 0.29) is 5.54 Å². The topological polar surface area (TPSA) is 43.8 Å². The molecule has 68 valence electrons. The lowest BCUT2D eigenvalue weighted by molar-refractivity contribution is 0.346. The van der Waals surface area contributed by atoms with Crippen LogP contribution in [0.25, 0.3) is 0 Å². The minimum atomic E-state index is 0.0531. The van der Waals surface area contributed by atoms with Crippen LogP contribution in [0.5, 0.6) is 0 Å². The zero-order chi connectivity index (χ0) is 9.35. The lowest BCUT2D eigenvalue weighted by Crippen LogP contribution is -2.24. The van der Waals surface area contributed by atoms with Crippen LogP contribution < -0.4 is 5.73 Å². The summed E-state index contributed by atoms with van der Waals surface area (Å²) in [5, 5.41) is 4.39. The number of hydrogen-bond donors (Lipinski definition) is 1. The molecule has 0 aliphatic carbocycles. The molecule has 1 heterocycles. The first-order valence-corrected chi connectivity index (χ1v) is 4.21. The second-order valence-electron chi connectivity index (χ2n) is 4.06. The summed E-state index contributed by atoms with van der Waals surface area (Å²) in [5.74, 6) is 0. The fourth-order valence-corrected chi connectivity index (χ4v) is 1.32. The highest BCUT2D eigenvalue weighted by molar-refractivity contribution is 5.09. The molecule has 2 N–H and O–H groups in total. The predicted molar refractivity (Wildman–Crippen MR) is 49.9 cm³/mol. The van der Waals surface area contributed by atoms with Crippen LogP contribution in [-0.4, -0.2) is 9.78 Å². The highest BCUT2D eigenvalue weighted by Crippen LogP contribution is 2.16. The van der Waals surface area contributed by atoms with Gasteiger partial charge in [-0.2, -0.15) is 5.10 Å². The minimum Gasteiger partial charge on any atom is -0.325 e. The minimum absolute atomic E-state index is 0.0531. The third kappa shape index (κ3) is 1.67. The number of aromatic nitrogens is 2. The fourth-order valence-electron chi connectivity index (χ4n) is 1.32. The highest BCUT2D eigenvalue weighted by Gasteiger charge is 2.16. The monoisotopic (exact) mass is 167 g/mol. The van der Waals surface area contributed by atoms with E-state index in [0.29, 0.717) is 6.54 Å². The van der Waals surface area contributed by atoms with Crippen molar-refractivity contribution in [1.82, 2.24) is 9.78 Å². The molecule has 0 aliphatic heterocycles. The Morgan fingerprint density at radius 1 is 1.50 bits per heavy atom. The van der Waals surface area contributed by atoms with Gasteiger partial charge in [0, 0.05) is 12.2 Å². The van der Waals surface area contributed by atoms with Crippen LogP contribution in [0.15, 0.2) is 6.07 Å². The molecule has 0 spiro atoms. The average Bonchev–Trinajstić information content (AvgIpc) is 2.29. The molecule has 1 aromatic heterocycles. The van der Waals surface area contributed by atoms with E-state index in [1.165, 1.54) is 5.69 Å². The van der Waals surface area contributed by atoms with Crippen LogP contribution in [0.3, 0.4) is 0 Å². The summed E-state index contributed by atoms with van der Waals surface area (Å²) in [6, 6.07) is 2.03. The quantitative estimate of drug-likeness (QED) is 0.687. The van der Waals surface area contributed by atoms with Crippen LogP contribution in [-0.2, 0) is 12.1 Å². The number of nitrogens with two attached hydrogens (primary N) is 1. The van der Waals surface area contributed by atoms with Crippen LogP contribution in [0.2, 0.25) is 0 Å². The number of aryl methyl sites for hydroxylation is 1. The van der Waals surface area contributed by atoms with Gasteiger partial charge >= 0.3 is 0 Å². The molecule has 0 atom stereocenters. The van der Waals surface area contributed by atoms with Gasteiger partial charge in [0.25, 0.3) is 0 Å². The summed E-state index contributed by atoms with van der Waals surface area (Å²) >= 11 is 0. The first-order valence-electron chi connectivity index (χ1n) is 4.21. The number of nitrogens with zero attached hydrogens (tertiary/aromatic N) is 2. The first-order chi connectivity index (χ1) is 5.45. The standard InChI is InChI=1S/C9H17N3/c1-7-5-8(6-10)11-12(7)9(2,3)4/h5H,6,10H2,1-4H3. The van der Waals surface area contributed by atoms with Crippen molar-refractivity contribution in [3.63, 3.8) is 0 Å². The molecule has 3 heteroatoms. The molecular formula is C9H17N3. The maximum Gasteiger partial charge on any atom is 0.0763 e. The van der Waals surface area contributed by atoms with Crippen molar-refractivity contribution in [2.45, 2.75) is 39.8 Å². The highest BCUT2D eigenvalue weighted by atomic mass is 15.3. The molecule has 0 aliphatic rings. The molecule has 0 saturated carbocycles. The SMILES string of the molecule is Cc1cc(CN)nn1C(C)(C)C. The summed E-state index contributed by atoms with van der Waals surface area (Å²) in [5.41, 5.74) is 7.68. The Bertz CT molecular complexity index is 268. The third-order valence-electron chi connectivity index (χ3n) is 1.78. The number of hydrogen-bond acceptors (Lipinski definition) is 2. The smallest absolute Gasteiger partial charge is 0.0763 e. The van der Waals surface area contributed by atoms with Crippen molar-refractivity contribution in [3.8, 4) is 0 Å². The van der Waals surface area contributed by atoms with E-state index in [2.05, 4.69) is 32.8 Å². The van der Waals surface area contributed by atoms with E-state index in [4.69, 9.17) is 5.73 Å². The lowest BCUT2D eigenvalue weighted by atomic mass is 10.1. The Hall–Kier alpha value is -0.830. The zero-order valence-corrected chi connectivity index (χ0v) is 8.26. The van der Waals surface area contributed by atoms with Gasteiger partial charge in [-0.15, -0.1) is 0 Å². The lowest BCUT2D eigenvalue weighted by Gasteiger charge is -2.21. The van der Waals surface area contributed by atoms with Crippen LogP contribution in [0.1, 0.15) is 32.2 Å². The van der Waals surface area contributed by atoms with Crippen LogP contribution in [0.4, 0.5) is 0 Å². The summed E-state index contributed by atoms with van der Waals surface area (Å²) in [7, 11) is 0. The van der Waals surface area contributed by atoms with Gasteiger partial charge in [0.1, 0.15) is 0 Å². The Labute approximate surface area is 73.6 Å². The van der Waals surface area contributed by atoms with Gasteiger partial charge in [-0.25, -0.2) is 0 Å². The molecule has 0 bridgehead atoms. The van der Waals surface area contributed by atoms with E-state index in [1.807, 2.05) is 10.7 Å². The van der Waals surface area contributed by atoms with E-state index < -0.39 is 0 Å². The van der Waals surface area contributed by atoms with E-state index >= 15 is 0 Å². The fraction of sp³-hybridized carbons (Fsp3) is 0.667. The normalized spacial score (nSPS) is 12.1. The van der Waals surface area contributed by atoms with Crippen LogP contribution in [0, 0.1) is 6.92 Å². The van der Waals surface area contributed by atoms with Gasteiger partial charge in [0.05, 0.1) is 11.2 Å². The summed E-state index contributed by atoms with van der Waals surface area (Å²) in [6.45, 7) is 8.97. The van der Waals surface area contributed by atoms with Gasteiger partial charge in [-0.05, 0) is 33.8 Å². The van der Waals surface area contributed by atoms with Crippen molar-refractivity contribution >= 4 is 0 Å². The summed E-state index contributed by atoms with van der Waals surface area (Å²) in [6.07, 6.45) is 0. The second kappa shape index (κ2) is 2.90. The molecule has 1 rings (SSSR count). The van der Waals surface area contributed by atoms with Gasteiger partial charge in [-0.3, -0.25) is 4.68 Å². The molecule has 0 radical (unpaired) electrons. The zero-order valence-electron chi connectivity index (χ0n) is 8.26. The van der Waals surface area contributed by atoms with Crippen molar-refractivity contribution in [1.29, 1.82) is 0 Å². The van der Waals surface area contributed by atoms with Crippen molar-refractivity contribution in [2.24, 2.45) is 5.73 Å². The number of rotatable bonds is 1. The Balaban J connectivity index is 3.08. The van der Waals surface area contributed by atoms with Gasteiger partial charge in [-0.1, -0.05) is 0 Å². The van der Waals surface area contributed by atoms with Gasteiger partial charge in [0.2, 0.25) is 0 Å². The van der Waals surface area contributed by atoms with E-state index in [0.717, 1.165) is 5.69 Å². The Kier molecular flexibility index (Phi) is 2.24. The predicted octanol–water partition coefficient (Wildman–Crippen LogP) is 1.41. The maximum absolute atomic E-state index is 5.50. The Morgan fingerprint density at radius 3 is 2.33 bits per heavy atom. The van der Waals surface area contributed by atoms with E-state index in [1.54, 1.807) is 0 Å². The van der Waals surface area contributed by atoms with Crippen molar-refractivity contribution in [2.75, 3.05) is 0 Å². The molecule has 0 unspecified atom stereocenters. The summed E-state index contributed by atoms with van der Waals surface area (Å²) in [4.78, 5) is 0. The maximum atomic E-state index is 5.50. The molecule has 0 saturated heterocycles. The largest absolute Gasteiger partial charge is 0.325 e. The van der Waals surface area contributed by atoms with Gasteiger partial charge < -0.3 is 5.73 Å². The molecular weight excluding hydrogens is 150 g/mol. The average molecular weight is 167 g/mol.